The number of ether oxygens (including phenoxy) is 2. The van der Waals surface area contributed by atoms with Crippen LogP contribution >= 0.6 is 0 Å². The number of hydrogen-bond donors (Lipinski definition) is 0. The third kappa shape index (κ3) is 4.45. The molecule has 0 amide bonds. The van der Waals surface area contributed by atoms with E-state index in [4.69, 9.17) is 9.47 Å². The molecule has 3 aromatic carbocycles. The number of para-hydroxylation sites is 2. The number of benzene rings is 3. The monoisotopic (exact) mass is 493 g/mol. The number of pyridine rings is 1. The molecule has 0 bridgehead atoms. The highest BCUT2D eigenvalue weighted by Gasteiger charge is 2.23. The maximum atomic E-state index is 13.3. The molecule has 5 rings (SSSR count). The minimum Gasteiger partial charge on any atom is -0.462 e. The molecular weight excluding hydrogens is 470 g/mol. The number of carbonyl (C=O) groups is 2. The Morgan fingerprint density at radius 2 is 1.46 bits per heavy atom. The standard InChI is InChI=1S/C29H23N3O5/c1-3-36-28(34)25-18(2)20-13-9-10-16-23(20)30-24(25)17-37-29(35)26-21-14-7-8-15-22(21)27(33)32(31-26)19-11-5-4-6-12-19/h4-16H,3,17H2,1-2H3. The number of carbonyl (C=O) groups excluding carboxylic acids is 2. The van der Waals surface area contributed by atoms with E-state index in [1.807, 2.05) is 37.3 Å². The van der Waals surface area contributed by atoms with Crippen LogP contribution in [0.1, 0.15) is 39.0 Å². The Balaban J connectivity index is 1.56. The largest absolute Gasteiger partial charge is 0.462 e. The molecule has 0 saturated carbocycles. The van der Waals surface area contributed by atoms with E-state index in [0.717, 1.165) is 5.39 Å². The zero-order valence-corrected chi connectivity index (χ0v) is 20.3. The molecule has 184 valence electrons. The Hall–Kier alpha value is -4.85. The van der Waals surface area contributed by atoms with Crippen molar-refractivity contribution in [3.05, 3.63) is 112 Å². The van der Waals surface area contributed by atoms with Crippen molar-refractivity contribution in [1.82, 2.24) is 14.8 Å². The predicted octanol–water partition coefficient (Wildman–Crippen LogP) is 4.78. The first kappa shape index (κ1) is 23.9. The van der Waals surface area contributed by atoms with Crippen LogP contribution in [0.2, 0.25) is 0 Å². The Morgan fingerprint density at radius 3 is 2.19 bits per heavy atom. The van der Waals surface area contributed by atoms with E-state index in [2.05, 4.69) is 10.1 Å². The minimum absolute atomic E-state index is 0.0192. The Morgan fingerprint density at radius 1 is 0.811 bits per heavy atom. The van der Waals surface area contributed by atoms with Gasteiger partial charge >= 0.3 is 11.9 Å². The van der Waals surface area contributed by atoms with Gasteiger partial charge in [0.1, 0.15) is 6.61 Å². The molecule has 0 spiro atoms. The van der Waals surface area contributed by atoms with Crippen molar-refractivity contribution in [2.24, 2.45) is 0 Å². The zero-order chi connectivity index (χ0) is 25.9. The van der Waals surface area contributed by atoms with Gasteiger partial charge in [0.15, 0.2) is 5.69 Å². The van der Waals surface area contributed by atoms with Crippen molar-refractivity contribution in [3.8, 4) is 5.69 Å². The molecule has 0 unspecified atom stereocenters. The second-order valence-electron chi connectivity index (χ2n) is 8.32. The number of fused-ring (bicyclic) bond motifs is 2. The molecule has 2 aromatic heterocycles. The molecule has 2 heterocycles. The molecule has 8 nitrogen and oxygen atoms in total. The fraction of sp³-hybridized carbons (Fsp3) is 0.138. The maximum absolute atomic E-state index is 13.3. The number of aryl methyl sites for hydroxylation is 1. The molecule has 5 aromatic rings. The van der Waals surface area contributed by atoms with Crippen LogP contribution in [0.25, 0.3) is 27.4 Å². The molecule has 0 aliphatic heterocycles. The third-order valence-corrected chi connectivity index (χ3v) is 6.05. The first-order valence-electron chi connectivity index (χ1n) is 11.8. The van der Waals surface area contributed by atoms with Gasteiger partial charge in [0.05, 0.1) is 34.5 Å². The highest BCUT2D eigenvalue weighted by molar-refractivity contribution is 6.02. The van der Waals surface area contributed by atoms with Gasteiger partial charge in [-0.25, -0.2) is 14.6 Å². The van der Waals surface area contributed by atoms with Crippen LogP contribution < -0.4 is 5.56 Å². The average molecular weight is 494 g/mol. The highest BCUT2D eigenvalue weighted by atomic mass is 16.5. The van der Waals surface area contributed by atoms with Crippen LogP contribution in [0, 0.1) is 6.92 Å². The number of hydrogen-bond acceptors (Lipinski definition) is 7. The van der Waals surface area contributed by atoms with Crippen LogP contribution in [-0.2, 0) is 16.1 Å². The minimum atomic E-state index is -0.747. The van der Waals surface area contributed by atoms with Crippen LogP contribution in [-0.4, -0.2) is 33.3 Å². The Labute approximate surface area is 212 Å². The lowest BCUT2D eigenvalue weighted by Gasteiger charge is -2.15. The van der Waals surface area contributed by atoms with Crippen molar-refractivity contribution >= 4 is 33.6 Å². The Bertz CT molecular complexity index is 1710. The molecule has 0 N–H and O–H groups in total. The molecule has 37 heavy (non-hydrogen) atoms. The quantitative estimate of drug-likeness (QED) is 0.314. The second kappa shape index (κ2) is 10.0. The van der Waals surface area contributed by atoms with Crippen molar-refractivity contribution in [1.29, 1.82) is 0 Å². The van der Waals surface area contributed by atoms with E-state index in [9.17, 15) is 14.4 Å². The van der Waals surface area contributed by atoms with Gasteiger partial charge in [0, 0.05) is 10.8 Å². The average Bonchev–Trinajstić information content (AvgIpc) is 2.92. The van der Waals surface area contributed by atoms with Crippen LogP contribution in [0.4, 0.5) is 0 Å². The normalized spacial score (nSPS) is 11.0. The van der Waals surface area contributed by atoms with Crippen molar-refractivity contribution < 1.29 is 19.1 Å². The molecule has 0 saturated heterocycles. The van der Waals surface area contributed by atoms with Gasteiger partial charge in [-0.15, -0.1) is 0 Å². The molecule has 0 aliphatic carbocycles. The summed E-state index contributed by atoms with van der Waals surface area (Å²) in [6, 6.07) is 23.0. The van der Waals surface area contributed by atoms with Crippen molar-refractivity contribution in [3.63, 3.8) is 0 Å². The van der Waals surface area contributed by atoms with Crippen LogP contribution in [0.3, 0.4) is 0 Å². The lowest BCUT2D eigenvalue weighted by atomic mass is 10.0. The van der Waals surface area contributed by atoms with Crippen LogP contribution in [0.15, 0.2) is 83.7 Å². The summed E-state index contributed by atoms with van der Waals surface area (Å²) in [6.07, 6.45) is 0. The van der Waals surface area contributed by atoms with Crippen molar-refractivity contribution in [2.45, 2.75) is 20.5 Å². The topological polar surface area (TPSA) is 100 Å². The van der Waals surface area contributed by atoms with E-state index in [-0.39, 0.29) is 35.7 Å². The lowest BCUT2D eigenvalue weighted by molar-refractivity contribution is 0.0439. The first-order chi connectivity index (χ1) is 18.0. The van der Waals surface area contributed by atoms with Gasteiger partial charge in [-0.05, 0) is 43.7 Å². The summed E-state index contributed by atoms with van der Waals surface area (Å²) in [5.74, 6) is -1.28. The third-order valence-electron chi connectivity index (χ3n) is 6.05. The van der Waals surface area contributed by atoms with Gasteiger partial charge in [-0.1, -0.05) is 54.6 Å². The highest BCUT2D eigenvalue weighted by Crippen LogP contribution is 2.25. The summed E-state index contributed by atoms with van der Waals surface area (Å²) < 4.78 is 12.1. The zero-order valence-electron chi connectivity index (χ0n) is 20.3. The van der Waals surface area contributed by atoms with E-state index < -0.39 is 11.9 Å². The van der Waals surface area contributed by atoms with Crippen molar-refractivity contribution in [2.75, 3.05) is 6.61 Å². The van der Waals surface area contributed by atoms with E-state index in [1.165, 1.54) is 4.68 Å². The van der Waals surface area contributed by atoms with E-state index in [0.29, 0.717) is 27.5 Å². The molecule has 0 aliphatic rings. The number of esters is 2. The van der Waals surface area contributed by atoms with Crippen LogP contribution in [0.5, 0.6) is 0 Å². The SMILES string of the molecule is CCOC(=O)c1c(COC(=O)c2nn(-c3ccccc3)c(=O)c3ccccc23)nc2ccccc2c1C. The number of rotatable bonds is 6. The Kier molecular flexibility index (Phi) is 6.47. The molecule has 0 radical (unpaired) electrons. The number of aromatic nitrogens is 3. The van der Waals surface area contributed by atoms with E-state index in [1.54, 1.807) is 55.5 Å². The van der Waals surface area contributed by atoms with Gasteiger partial charge < -0.3 is 9.47 Å². The summed E-state index contributed by atoms with van der Waals surface area (Å²) in [4.78, 5) is 43.8. The summed E-state index contributed by atoms with van der Waals surface area (Å²) in [6.45, 7) is 3.45. The molecule has 8 heteroatoms. The summed E-state index contributed by atoms with van der Waals surface area (Å²) >= 11 is 0. The van der Waals surface area contributed by atoms with Gasteiger partial charge in [0.2, 0.25) is 0 Å². The molecule has 0 fully saturated rings. The fourth-order valence-corrected chi connectivity index (χ4v) is 4.31. The molecular formula is C29H23N3O5. The summed E-state index contributed by atoms with van der Waals surface area (Å²) in [7, 11) is 0. The maximum Gasteiger partial charge on any atom is 0.359 e. The predicted molar refractivity (Wildman–Crippen MR) is 139 cm³/mol. The van der Waals surface area contributed by atoms with Gasteiger partial charge in [-0.3, -0.25) is 4.79 Å². The lowest BCUT2D eigenvalue weighted by Crippen LogP contribution is -2.25. The fourth-order valence-electron chi connectivity index (χ4n) is 4.31. The van der Waals surface area contributed by atoms with Gasteiger partial charge in [0.25, 0.3) is 5.56 Å². The molecule has 0 atom stereocenters. The second-order valence-corrected chi connectivity index (χ2v) is 8.32. The summed E-state index contributed by atoms with van der Waals surface area (Å²) in [5, 5.41) is 5.87. The summed E-state index contributed by atoms with van der Waals surface area (Å²) in [5.41, 5.74) is 2.05. The first-order valence-corrected chi connectivity index (χ1v) is 11.8. The smallest absolute Gasteiger partial charge is 0.359 e. The number of nitrogens with zero attached hydrogens (tertiary/aromatic N) is 3. The van der Waals surface area contributed by atoms with Gasteiger partial charge in [-0.2, -0.15) is 9.78 Å². The van der Waals surface area contributed by atoms with E-state index >= 15 is 0 Å².